The minimum atomic E-state index is -0.786. The Morgan fingerprint density at radius 1 is 1.43 bits per heavy atom. The van der Waals surface area contributed by atoms with Crippen molar-refractivity contribution in [3.8, 4) is 0 Å². The van der Waals surface area contributed by atoms with Gasteiger partial charge in [-0.1, -0.05) is 13.8 Å². The van der Waals surface area contributed by atoms with Crippen molar-refractivity contribution < 1.29 is 14.7 Å². The van der Waals surface area contributed by atoms with Crippen LogP contribution in [0.5, 0.6) is 0 Å². The number of carboxylic acids is 1. The van der Waals surface area contributed by atoms with E-state index < -0.39 is 5.97 Å². The zero-order chi connectivity index (χ0) is 15.6. The number of thiazole rings is 1. The minimum absolute atomic E-state index is 0.0475. The lowest BCUT2D eigenvalue weighted by molar-refractivity contribution is -0.145. The molecule has 0 aromatic carbocycles. The molecule has 1 aromatic rings. The van der Waals surface area contributed by atoms with E-state index in [-0.39, 0.29) is 18.0 Å². The number of aromatic nitrogens is 1. The Hall–Kier alpha value is -1.63. The molecule has 6 nitrogen and oxygen atoms in total. The molecule has 116 valence electrons. The number of anilines is 1. The summed E-state index contributed by atoms with van der Waals surface area (Å²) in [5, 5.41) is 16.2. The summed E-state index contributed by atoms with van der Waals surface area (Å²) in [5.74, 6) is -0.638. The van der Waals surface area contributed by atoms with Crippen LogP contribution in [0.15, 0.2) is 0 Å². The van der Waals surface area contributed by atoms with Gasteiger partial charge in [0.2, 0.25) is 0 Å². The molecule has 0 unspecified atom stereocenters. The number of nitrogens with zero attached hydrogens (tertiary/aromatic N) is 1. The van der Waals surface area contributed by atoms with Crippen molar-refractivity contribution in [2.45, 2.75) is 46.1 Å². The second-order valence-corrected chi connectivity index (χ2v) is 7.11. The standard InChI is InChI=1S/C14H21N3O3S/c1-7(2)4-11-12(21-8(3)15-11)17-14(20)16-10-5-9(6-10)13(18)19/h7,9-10H,4-6H2,1-3H3,(H,18,19)(H2,16,17,20). The van der Waals surface area contributed by atoms with Crippen molar-refractivity contribution in [2.75, 3.05) is 5.32 Å². The van der Waals surface area contributed by atoms with Crippen LogP contribution in [0.1, 0.15) is 37.4 Å². The van der Waals surface area contributed by atoms with Crippen molar-refractivity contribution in [1.82, 2.24) is 10.3 Å². The summed E-state index contributed by atoms with van der Waals surface area (Å²) in [4.78, 5) is 27.1. The summed E-state index contributed by atoms with van der Waals surface area (Å²) in [6, 6.07) is -0.328. The first-order valence-electron chi connectivity index (χ1n) is 7.11. The van der Waals surface area contributed by atoms with Gasteiger partial charge in [-0.25, -0.2) is 9.78 Å². The molecule has 1 aromatic heterocycles. The number of aryl methyl sites for hydroxylation is 1. The van der Waals surface area contributed by atoms with Gasteiger partial charge in [0.1, 0.15) is 5.00 Å². The Labute approximate surface area is 128 Å². The highest BCUT2D eigenvalue weighted by molar-refractivity contribution is 7.16. The van der Waals surface area contributed by atoms with Gasteiger partial charge in [-0.15, -0.1) is 11.3 Å². The van der Waals surface area contributed by atoms with Crippen molar-refractivity contribution in [3.63, 3.8) is 0 Å². The second-order valence-electron chi connectivity index (χ2n) is 5.91. The number of hydrogen-bond donors (Lipinski definition) is 3. The molecule has 1 fully saturated rings. The summed E-state index contributed by atoms with van der Waals surface area (Å²) in [7, 11) is 0. The lowest BCUT2D eigenvalue weighted by Gasteiger charge is -2.32. The van der Waals surface area contributed by atoms with Crippen LogP contribution >= 0.6 is 11.3 Å². The molecule has 0 radical (unpaired) electrons. The summed E-state index contributed by atoms with van der Waals surface area (Å²) in [6.07, 6.45) is 1.83. The van der Waals surface area contributed by atoms with E-state index in [0.717, 1.165) is 22.1 Å². The Balaban J connectivity index is 1.87. The minimum Gasteiger partial charge on any atom is -0.481 e. The van der Waals surface area contributed by atoms with Crippen molar-refractivity contribution in [1.29, 1.82) is 0 Å². The van der Waals surface area contributed by atoms with E-state index in [4.69, 9.17) is 5.11 Å². The van der Waals surface area contributed by atoms with Crippen LogP contribution in [-0.4, -0.2) is 28.1 Å². The van der Waals surface area contributed by atoms with Gasteiger partial charge in [-0.05, 0) is 32.1 Å². The highest BCUT2D eigenvalue weighted by atomic mass is 32.1. The highest BCUT2D eigenvalue weighted by Gasteiger charge is 2.35. The molecule has 1 aliphatic rings. The van der Waals surface area contributed by atoms with Gasteiger partial charge >= 0.3 is 12.0 Å². The monoisotopic (exact) mass is 311 g/mol. The Kier molecular flexibility index (Phi) is 4.82. The van der Waals surface area contributed by atoms with Crippen LogP contribution in [0.25, 0.3) is 0 Å². The number of amides is 2. The Bertz CT molecular complexity index is 536. The largest absolute Gasteiger partial charge is 0.481 e. The molecular formula is C14H21N3O3S. The van der Waals surface area contributed by atoms with Gasteiger partial charge in [0.15, 0.2) is 0 Å². The predicted octanol–water partition coefficient (Wildman–Crippen LogP) is 2.63. The fraction of sp³-hybridized carbons (Fsp3) is 0.643. The normalized spacial score (nSPS) is 21.0. The summed E-state index contributed by atoms with van der Waals surface area (Å²) in [6.45, 7) is 6.14. The van der Waals surface area contributed by atoms with E-state index in [1.807, 2.05) is 6.92 Å². The van der Waals surface area contributed by atoms with Crippen molar-refractivity contribution >= 4 is 28.3 Å². The van der Waals surface area contributed by atoms with E-state index in [9.17, 15) is 9.59 Å². The highest BCUT2D eigenvalue weighted by Crippen LogP contribution is 2.29. The summed E-state index contributed by atoms with van der Waals surface area (Å²) < 4.78 is 0. The first-order valence-corrected chi connectivity index (χ1v) is 7.93. The summed E-state index contributed by atoms with van der Waals surface area (Å²) >= 11 is 1.47. The maximum Gasteiger partial charge on any atom is 0.320 e. The van der Waals surface area contributed by atoms with E-state index >= 15 is 0 Å². The van der Waals surface area contributed by atoms with Gasteiger partial charge in [-0.2, -0.15) is 0 Å². The van der Waals surface area contributed by atoms with E-state index in [1.54, 1.807) is 0 Å². The van der Waals surface area contributed by atoms with E-state index in [0.29, 0.717) is 18.8 Å². The maximum atomic E-state index is 11.9. The summed E-state index contributed by atoms with van der Waals surface area (Å²) in [5.41, 5.74) is 0.916. The van der Waals surface area contributed by atoms with Gasteiger partial charge in [-0.3, -0.25) is 10.1 Å². The fourth-order valence-corrected chi connectivity index (χ4v) is 3.20. The molecule has 2 amide bonds. The molecule has 21 heavy (non-hydrogen) atoms. The lowest BCUT2D eigenvalue weighted by Crippen LogP contribution is -2.48. The van der Waals surface area contributed by atoms with Gasteiger partial charge < -0.3 is 10.4 Å². The van der Waals surface area contributed by atoms with E-state index in [2.05, 4.69) is 29.5 Å². The van der Waals surface area contributed by atoms with Gasteiger partial charge in [0.25, 0.3) is 0 Å². The molecule has 0 bridgehead atoms. The van der Waals surface area contributed by atoms with Crippen LogP contribution in [-0.2, 0) is 11.2 Å². The molecule has 2 rings (SSSR count). The van der Waals surface area contributed by atoms with Gasteiger partial charge in [0.05, 0.1) is 16.6 Å². The molecule has 1 aliphatic carbocycles. The predicted molar refractivity (Wildman–Crippen MR) is 81.7 cm³/mol. The number of hydrogen-bond acceptors (Lipinski definition) is 4. The maximum absolute atomic E-state index is 11.9. The topological polar surface area (TPSA) is 91.3 Å². The first-order chi connectivity index (χ1) is 9.85. The Morgan fingerprint density at radius 2 is 2.10 bits per heavy atom. The van der Waals surface area contributed by atoms with Crippen LogP contribution < -0.4 is 10.6 Å². The number of nitrogens with one attached hydrogen (secondary N) is 2. The smallest absolute Gasteiger partial charge is 0.320 e. The molecule has 0 atom stereocenters. The van der Waals surface area contributed by atoms with Crippen LogP contribution in [0.2, 0.25) is 0 Å². The molecule has 0 spiro atoms. The van der Waals surface area contributed by atoms with Crippen LogP contribution in [0, 0.1) is 18.8 Å². The molecule has 0 saturated heterocycles. The molecule has 0 aliphatic heterocycles. The third-order valence-corrected chi connectivity index (χ3v) is 4.38. The SMILES string of the molecule is Cc1nc(CC(C)C)c(NC(=O)NC2CC(C(=O)O)C2)s1. The average Bonchev–Trinajstić information content (AvgIpc) is 2.61. The fourth-order valence-electron chi connectivity index (χ4n) is 2.35. The number of aliphatic carboxylic acids is 1. The second kappa shape index (κ2) is 6.43. The molecule has 1 heterocycles. The Morgan fingerprint density at radius 3 is 2.67 bits per heavy atom. The number of carbonyl (C=O) groups excluding carboxylic acids is 1. The molecule has 3 N–H and O–H groups in total. The number of carboxylic acid groups (broad SMARTS) is 1. The molecule has 1 saturated carbocycles. The van der Waals surface area contributed by atoms with Gasteiger partial charge in [0, 0.05) is 6.04 Å². The molecule has 7 heteroatoms. The van der Waals surface area contributed by atoms with Crippen LogP contribution in [0.3, 0.4) is 0 Å². The quantitative estimate of drug-likeness (QED) is 0.779. The lowest BCUT2D eigenvalue weighted by atomic mass is 9.80. The molecular weight excluding hydrogens is 290 g/mol. The van der Waals surface area contributed by atoms with Crippen molar-refractivity contribution in [3.05, 3.63) is 10.7 Å². The third kappa shape index (κ3) is 4.17. The van der Waals surface area contributed by atoms with Crippen LogP contribution in [0.4, 0.5) is 9.80 Å². The van der Waals surface area contributed by atoms with E-state index in [1.165, 1.54) is 11.3 Å². The first kappa shape index (κ1) is 15.8. The third-order valence-electron chi connectivity index (χ3n) is 3.46. The number of carbonyl (C=O) groups is 2. The number of urea groups is 1. The zero-order valence-corrected chi connectivity index (χ0v) is 13.3. The average molecular weight is 311 g/mol. The number of rotatable bonds is 5. The zero-order valence-electron chi connectivity index (χ0n) is 12.5. The van der Waals surface area contributed by atoms with Crippen molar-refractivity contribution in [2.24, 2.45) is 11.8 Å².